The Morgan fingerprint density at radius 1 is 1.30 bits per heavy atom. The first-order chi connectivity index (χ1) is 9.69. The molecular formula is C15H21NO4. The maximum atomic E-state index is 10.6. The largest absolute Gasteiger partial charge is 0.490 e. The molecule has 0 amide bonds. The molecule has 110 valence electrons. The number of fused-ring (bicyclic) bond motifs is 1. The van der Waals surface area contributed by atoms with Crippen LogP contribution in [-0.4, -0.2) is 42.3 Å². The molecule has 1 aliphatic heterocycles. The van der Waals surface area contributed by atoms with Crippen molar-refractivity contribution in [3.05, 3.63) is 23.8 Å². The van der Waals surface area contributed by atoms with Crippen molar-refractivity contribution in [2.45, 2.75) is 26.3 Å². The van der Waals surface area contributed by atoms with Crippen molar-refractivity contribution in [3.8, 4) is 11.5 Å². The lowest BCUT2D eigenvalue weighted by Crippen LogP contribution is -2.25. The first kappa shape index (κ1) is 14.7. The van der Waals surface area contributed by atoms with Crippen LogP contribution >= 0.6 is 0 Å². The van der Waals surface area contributed by atoms with Gasteiger partial charge in [0.1, 0.15) is 0 Å². The molecule has 1 aromatic rings. The summed E-state index contributed by atoms with van der Waals surface area (Å²) < 4.78 is 11.3. The van der Waals surface area contributed by atoms with Gasteiger partial charge in [0.15, 0.2) is 11.5 Å². The summed E-state index contributed by atoms with van der Waals surface area (Å²) in [5.41, 5.74) is 1.11. The van der Waals surface area contributed by atoms with E-state index in [-0.39, 0.29) is 6.42 Å². The van der Waals surface area contributed by atoms with Gasteiger partial charge in [-0.25, -0.2) is 0 Å². The summed E-state index contributed by atoms with van der Waals surface area (Å²) in [4.78, 5) is 12.7. The lowest BCUT2D eigenvalue weighted by atomic mass is 10.2. The van der Waals surface area contributed by atoms with Crippen molar-refractivity contribution < 1.29 is 19.4 Å². The first-order valence-corrected chi connectivity index (χ1v) is 7.01. The standard InChI is InChI=1S/C15H21NO4/c1-2-16(7-6-15(17)18)11-12-4-5-13-14(10-12)20-9-3-8-19-13/h4-5,10H,2-3,6-9,11H2,1H3,(H,17,18). The maximum absolute atomic E-state index is 10.6. The summed E-state index contributed by atoms with van der Waals surface area (Å²) in [6.07, 6.45) is 1.06. The summed E-state index contributed by atoms with van der Waals surface area (Å²) in [5.74, 6) is 0.816. The van der Waals surface area contributed by atoms with Crippen LogP contribution in [-0.2, 0) is 11.3 Å². The highest BCUT2D eigenvalue weighted by molar-refractivity contribution is 5.66. The van der Waals surface area contributed by atoms with E-state index in [0.717, 1.165) is 36.6 Å². The minimum Gasteiger partial charge on any atom is -0.490 e. The smallest absolute Gasteiger partial charge is 0.304 e. The Kier molecular flexibility index (Phi) is 5.24. The Bertz CT molecular complexity index is 461. The number of aliphatic carboxylic acids is 1. The normalized spacial score (nSPS) is 14.1. The average Bonchev–Trinajstić information content (AvgIpc) is 2.67. The third-order valence-electron chi connectivity index (χ3n) is 3.31. The zero-order valence-electron chi connectivity index (χ0n) is 11.8. The number of nitrogens with zero attached hydrogens (tertiary/aromatic N) is 1. The van der Waals surface area contributed by atoms with Gasteiger partial charge >= 0.3 is 5.97 Å². The van der Waals surface area contributed by atoms with Gasteiger partial charge in [-0.3, -0.25) is 9.69 Å². The van der Waals surface area contributed by atoms with Crippen LogP contribution in [0.1, 0.15) is 25.3 Å². The predicted molar refractivity (Wildman–Crippen MR) is 75.3 cm³/mol. The lowest BCUT2D eigenvalue weighted by Gasteiger charge is -2.20. The van der Waals surface area contributed by atoms with E-state index in [2.05, 4.69) is 4.90 Å². The fraction of sp³-hybridized carbons (Fsp3) is 0.533. The number of hydrogen-bond donors (Lipinski definition) is 1. The minimum atomic E-state index is -0.762. The van der Waals surface area contributed by atoms with Crippen LogP contribution in [0.3, 0.4) is 0 Å². The second-order valence-corrected chi connectivity index (χ2v) is 4.84. The highest BCUT2D eigenvalue weighted by Gasteiger charge is 2.12. The molecule has 0 aliphatic carbocycles. The highest BCUT2D eigenvalue weighted by atomic mass is 16.5. The number of ether oxygens (including phenoxy) is 2. The van der Waals surface area contributed by atoms with E-state index in [1.807, 2.05) is 25.1 Å². The van der Waals surface area contributed by atoms with Gasteiger partial charge in [-0.1, -0.05) is 13.0 Å². The summed E-state index contributed by atoms with van der Waals surface area (Å²) in [6.45, 7) is 5.49. The highest BCUT2D eigenvalue weighted by Crippen LogP contribution is 2.30. The monoisotopic (exact) mass is 279 g/mol. The van der Waals surface area contributed by atoms with Crippen molar-refractivity contribution in [1.82, 2.24) is 4.90 Å². The van der Waals surface area contributed by atoms with E-state index in [1.54, 1.807) is 0 Å². The van der Waals surface area contributed by atoms with Crippen molar-refractivity contribution in [1.29, 1.82) is 0 Å². The van der Waals surface area contributed by atoms with Crippen LogP contribution in [0, 0.1) is 0 Å². The number of carboxylic acids is 1. The van der Waals surface area contributed by atoms with Gasteiger partial charge in [-0.05, 0) is 24.2 Å². The van der Waals surface area contributed by atoms with Crippen LogP contribution in [0.25, 0.3) is 0 Å². The second kappa shape index (κ2) is 7.14. The Morgan fingerprint density at radius 2 is 2.05 bits per heavy atom. The van der Waals surface area contributed by atoms with Crippen molar-refractivity contribution in [2.24, 2.45) is 0 Å². The van der Waals surface area contributed by atoms with E-state index in [0.29, 0.717) is 19.8 Å². The number of hydrogen-bond acceptors (Lipinski definition) is 4. The van der Waals surface area contributed by atoms with Gasteiger partial charge < -0.3 is 14.6 Å². The molecule has 0 spiro atoms. The van der Waals surface area contributed by atoms with E-state index in [1.165, 1.54) is 0 Å². The van der Waals surface area contributed by atoms with E-state index in [9.17, 15) is 4.79 Å². The van der Waals surface area contributed by atoms with Crippen molar-refractivity contribution in [2.75, 3.05) is 26.3 Å². The molecule has 1 aliphatic rings. The van der Waals surface area contributed by atoms with Crippen LogP contribution < -0.4 is 9.47 Å². The topological polar surface area (TPSA) is 59.0 Å². The van der Waals surface area contributed by atoms with E-state index in [4.69, 9.17) is 14.6 Å². The SMILES string of the molecule is CCN(CCC(=O)O)Cc1ccc2c(c1)OCCCO2. The molecule has 20 heavy (non-hydrogen) atoms. The third kappa shape index (κ3) is 4.13. The maximum Gasteiger partial charge on any atom is 0.304 e. The Morgan fingerprint density at radius 3 is 2.75 bits per heavy atom. The minimum absolute atomic E-state index is 0.165. The van der Waals surface area contributed by atoms with Crippen LogP contribution in [0.5, 0.6) is 11.5 Å². The van der Waals surface area contributed by atoms with Crippen molar-refractivity contribution in [3.63, 3.8) is 0 Å². The number of benzene rings is 1. The quantitative estimate of drug-likeness (QED) is 0.864. The number of carboxylic acid groups (broad SMARTS) is 1. The molecule has 5 nitrogen and oxygen atoms in total. The zero-order chi connectivity index (χ0) is 14.4. The number of rotatable bonds is 6. The molecular weight excluding hydrogens is 258 g/mol. The van der Waals surface area contributed by atoms with Crippen molar-refractivity contribution >= 4 is 5.97 Å². The zero-order valence-corrected chi connectivity index (χ0v) is 11.8. The van der Waals surface area contributed by atoms with E-state index >= 15 is 0 Å². The molecule has 0 unspecified atom stereocenters. The summed E-state index contributed by atoms with van der Waals surface area (Å²) in [6, 6.07) is 5.93. The molecule has 1 N–H and O–H groups in total. The summed E-state index contributed by atoms with van der Waals surface area (Å²) >= 11 is 0. The van der Waals surface area contributed by atoms with Gasteiger partial charge in [0, 0.05) is 19.5 Å². The van der Waals surface area contributed by atoms with Gasteiger partial charge in [0.25, 0.3) is 0 Å². The fourth-order valence-electron chi connectivity index (χ4n) is 2.17. The molecule has 5 heteroatoms. The predicted octanol–water partition coefficient (Wildman–Crippen LogP) is 2.14. The molecule has 2 rings (SSSR count). The second-order valence-electron chi connectivity index (χ2n) is 4.84. The molecule has 0 aromatic heterocycles. The molecule has 0 fully saturated rings. The molecule has 0 saturated heterocycles. The van der Waals surface area contributed by atoms with Crippen LogP contribution in [0.2, 0.25) is 0 Å². The molecule has 0 saturated carbocycles. The van der Waals surface area contributed by atoms with Gasteiger partial charge in [0.2, 0.25) is 0 Å². The van der Waals surface area contributed by atoms with Gasteiger partial charge in [-0.15, -0.1) is 0 Å². The Labute approximate surface area is 119 Å². The number of carbonyl (C=O) groups is 1. The average molecular weight is 279 g/mol. The van der Waals surface area contributed by atoms with Gasteiger partial charge in [0.05, 0.1) is 19.6 Å². The molecule has 0 bridgehead atoms. The molecule has 0 radical (unpaired) electrons. The molecule has 1 aromatic carbocycles. The fourth-order valence-corrected chi connectivity index (χ4v) is 2.17. The van der Waals surface area contributed by atoms with Crippen LogP contribution in [0.15, 0.2) is 18.2 Å². The summed E-state index contributed by atoms with van der Waals surface area (Å²) in [7, 11) is 0. The van der Waals surface area contributed by atoms with E-state index < -0.39 is 5.97 Å². The molecule has 1 heterocycles. The molecule has 0 atom stereocenters. The summed E-state index contributed by atoms with van der Waals surface area (Å²) in [5, 5.41) is 8.75. The van der Waals surface area contributed by atoms with Crippen LogP contribution in [0.4, 0.5) is 0 Å². The lowest BCUT2D eigenvalue weighted by molar-refractivity contribution is -0.137. The third-order valence-corrected chi connectivity index (χ3v) is 3.31. The first-order valence-electron chi connectivity index (χ1n) is 7.01. The Balaban J connectivity index is 2.01. The van der Waals surface area contributed by atoms with Gasteiger partial charge in [-0.2, -0.15) is 0 Å². The Hall–Kier alpha value is -1.75.